The van der Waals surface area contributed by atoms with Crippen molar-refractivity contribution >= 4 is 21.6 Å². The quantitative estimate of drug-likeness (QED) is 0.725. The Kier molecular flexibility index (Phi) is 3.98. The minimum atomic E-state index is -0.188. The average Bonchev–Trinajstić information content (AvgIpc) is 2.86. The fourth-order valence-corrected chi connectivity index (χ4v) is 2.71. The molecule has 0 saturated carbocycles. The number of halogens is 2. The molecule has 0 radical (unpaired) electrons. The minimum Gasteiger partial charge on any atom is -0.300 e. The van der Waals surface area contributed by atoms with Crippen LogP contribution >= 0.6 is 15.9 Å². The predicted octanol–water partition coefficient (Wildman–Crippen LogP) is 3.26. The van der Waals surface area contributed by atoms with Crippen molar-refractivity contribution in [2.75, 3.05) is 7.05 Å². The molecular formula is C15H14BrFN4. The highest BCUT2D eigenvalue weighted by molar-refractivity contribution is 9.10. The van der Waals surface area contributed by atoms with Gasteiger partial charge in [-0.25, -0.2) is 9.37 Å². The third-order valence-corrected chi connectivity index (χ3v) is 3.77. The number of rotatable bonds is 4. The highest BCUT2D eigenvalue weighted by Crippen LogP contribution is 2.18. The summed E-state index contributed by atoms with van der Waals surface area (Å²) in [7, 11) is 1.96. The Labute approximate surface area is 130 Å². The monoisotopic (exact) mass is 348 g/mol. The van der Waals surface area contributed by atoms with Gasteiger partial charge < -0.3 is 0 Å². The summed E-state index contributed by atoms with van der Waals surface area (Å²) < 4.78 is 16.7. The van der Waals surface area contributed by atoms with Crippen molar-refractivity contribution in [2.45, 2.75) is 13.1 Å². The fourth-order valence-electron chi connectivity index (χ4n) is 2.30. The average molecular weight is 349 g/mol. The van der Waals surface area contributed by atoms with Gasteiger partial charge in [0.15, 0.2) is 5.65 Å². The molecular weight excluding hydrogens is 335 g/mol. The molecule has 0 N–H and O–H groups in total. The highest BCUT2D eigenvalue weighted by atomic mass is 79.9. The molecule has 0 saturated heterocycles. The van der Waals surface area contributed by atoms with Gasteiger partial charge in [-0.2, -0.15) is 0 Å². The van der Waals surface area contributed by atoms with Crippen LogP contribution in [0.2, 0.25) is 0 Å². The Morgan fingerprint density at radius 1 is 1.29 bits per heavy atom. The van der Waals surface area contributed by atoms with Gasteiger partial charge in [-0.15, -0.1) is 0 Å². The van der Waals surface area contributed by atoms with E-state index in [1.807, 2.05) is 29.9 Å². The lowest BCUT2D eigenvalue weighted by Gasteiger charge is -2.17. The van der Waals surface area contributed by atoms with E-state index < -0.39 is 0 Å². The van der Waals surface area contributed by atoms with Crippen LogP contribution in [-0.2, 0) is 13.1 Å². The maximum Gasteiger partial charge on any atom is 0.155 e. The highest BCUT2D eigenvalue weighted by Gasteiger charge is 2.09. The van der Waals surface area contributed by atoms with E-state index in [1.165, 1.54) is 6.07 Å². The Morgan fingerprint density at radius 2 is 2.14 bits per heavy atom. The molecule has 21 heavy (non-hydrogen) atoms. The van der Waals surface area contributed by atoms with Gasteiger partial charge in [0.2, 0.25) is 0 Å². The van der Waals surface area contributed by atoms with Crippen LogP contribution in [0.15, 0.2) is 47.5 Å². The number of imidazole rings is 1. The van der Waals surface area contributed by atoms with Crippen molar-refractivity contribution < 1.29 is 4.39 Å². The third kappa shape index (κ3) is 3.11. The Bertz CT molecular complexity index is 771. The van der Waals surface area contributed by atoms with Gasteiger partial charge in [0, 0.05) is 35.5 Å². The summed E-state index contributed by atoms with van der Waals surface area (Å²) in [4.78, 5) is 10.4. The topological polar surface area (TPSA) is 33.4 Å². The standard InChI is InChI=1S/C15H14BrFN4/c1-20(9-11-6-12(16)2-3-14(11)17)10-13-7-19-15-8-18-4-5-21(13)15/h2-8H,9-10H2,1H3. The zero-order valence-corrected chi connectivity index (χ0v) is 13.1. The maximum atomic E-state index is 13.8. The summed E-state index contributed by atoms with van der Waals surface area (Å²) >= 11 is 3.37. The number of fused-ring (bicyclic) bond motifs is 1. The Balaban J connectivity index is 1.77. The molecule has 0 fully saturated rings. The molecule has 0 atom stereocenters. The fraction of sp³-hybridized carbons (Fsp3) is 0.200. The van der Waals surface area contributed by atoms with E-state index >= 15 is 0 Å². The van der Waals surface area contributed by atoms with E-state index in [2.05, 4.69) is 30.8 Å². The molecule has 108 valence electrons. The van der Waals surface area contributed by atoms with Gasteiger partial charge in [0.25, 0.3) is 0 Å². The Hall–Kier alpha value is -1.79. The van der Waals surface area contributed by atoms with Crippen LogP contribution in [0.1, 0.15) is 11.3 Å². The molecule has 3 rings (SSSR count). The zero-order valence-electron chi connectivity index (χ0n) is 11.5. The summed E-state index contributed by atoms with van der Waals surface area (Å²) in [5.74, 6) is -0.188. The molecule has 0 aliphatic heterocycles. The third-order valence-electron chi connectivity index (χ3n) is 3.27. The number of aromatic nitrogens is 3. The van der Waals surface area contributed by atoms with Gasteiger partial charge in [-0.05, 0) is 25.2 Å². The number of hydrogen-bond donors (Lipinski definition) is 0. The van der Waals surface area contributed by atoms with Crippen molar-refractivity contribution in [1.82, 2.24) is 19.3 Å². The number of benzene rings is 1. The lowest BCUT2D eigenvalue weighted by atomic mass is 10.2. The molecule has 2 aromatic heterocycles. The second kappa shape index (κ2) is 5.91. The number of nitrogens with zero attached hydrogens (tertiary/aromatic N) is 4. The molecule has 0 aliphatic carbocycles. The van der Waals surface area contributed by atoms with Crippen molar-refractivity contribution in [1.29, 1.82) is 0 Å². The van der Waals surface area contributed by atoms with Crippen LogP contribution in [0.25, 0.3) is 5.65 Å². The Morgan fingerprint density at radius 3 is 3.00 bits per heavy atom. The summed E-state index contributed by atoms with van der Waals surface area (Å²) in [6.07, 6.45) is 7.15. The van der Waals surface area contributed by atoms with E-state index in [9.17, 15) is 4.39 Å². The SMILES string of the molecule is CN(Cc1cc(Br)ccc1F)Cc1cnc2cnccn12. The first-order valence-corrected chi connectivity index (χ1v) is 7.31. The summed E-state index contributed by atoms with van der Waals surface area (Å²) in [5.41, 5.74) is 2.53. The van der Waals surface area contributed by atoms with Crippen LogP contribution in [0.5, 0.6) is 0 Å². The lowest BCUT2D eigenvalue weighted by molar-refractivity contribution is 0.309. The number of hydrogen-bond acceptors (Lipinski definition) is 3. The summed E-state index contributed by atoms with van der Waals surface area (Å²) in [5, 5.41) is 0. The van der Waals surface area contributed by atoms with Crippen LogP contribution < -0.4 is 0 Å². The smallest absolute Gasteiger partial charge is 0.155 e. The second-order valence-corrected chi connectivity index (χ2v) is 5.88. The summed E-state index contributed by atoms with van der Waals surface area (Å²) in [6.45, 7) is 1.21. The molecule has 6 heteroatoms. The van der Waals surface area contributed by atoms with E-state index in [-0.39, 0.29) is 5.82 Å². The van der Waals surface area contributed by atoms with Gasteiger partial charge in [0.1, 0.15) is 5.82 Å². The molecule has 4 nitrogen and oxygen atoms in total. The molecule has 0 aliphatic rings. The largest absolute Gasteiger partial charge is 0.300 e. The summed E-state index contributed by atoms with van der Waals surface area (Å²) in [6, 6.07) is 4.99. The second-order valence-electron chi connectivity index (χ2n) is 4.96. The normalized spacial score (nSPS) is 11.4. The van der Waals surface area contributed by atoms with E-state index in [1.54, 1.807) is 18.5 Å². The lowest BCUT2D eigenvalue weighted by Crippen LogP contribution is -2.19. The first-order chi connectivity index (χ1) is 10.1. The first-order valence-electron chi connectivity index (χ1n) is 6.52. The first kappa shape index (κ1) is 14.2. The van der Waals surface area contributed by atoms with Crippen LogP contribution in [0, 0.1) is 5.82 Å². The van der Waals surface area contributed by atoms with E-state index in [0.29, 0.717) is 18.7 Å². The van der Waals surface area contributed by atoms with Crippen molar-refractivity contribution in [2.24, 2.45) is 0 Å². The van der Waals surface area contributed by atoms with Crippen LogP contribution in [0.3, 0.4) is 0 Å². The molecule has 2 heterocycles. The predicted molar refractivity (Wildman–Crippen MR) is 82.3 cm³/mol. The maximum absolute atomic E-state index is 13.8. The molecule has 0 amide bonds. The molecule has 0 bridgehead atoms. The van der Waals surface area contributed by atoms with E-state index in [0.717, 1.165) is 15.8 Å². The molecule has 0 unspecified atom stereocenters. The van der Waals surface area contributed by atoms with Gasteiger partial charge in [0.05, 0.1) is 18.1 Å². The van der Waals surface area contributed by atoms with Crippen LogP contribution in [0.4, 0.5) is 4.39 Å². The minimum absolute atomic E-state index is 0.188. The molecule has 3 aromatic rings. The molecule has 1 aromatic carbocycles. The van der Waals surface area contributed by atoms with Crippen molar-refractivity contribution in [3.63, 3.8) is 0 Å². The van der Waals surface area contributed by atoms with Gasteiger partial charge >= 0.3 is 0 Å². The van der Waals surface area contributed by atoms with Crippen molar-refractivity contribution in [3.05, 3.63) is 64.5 Å². The molecule has 0 spiro atoms. The van der Waals surface area contributed by atoms with E-state index in [4.69, 9.17) is 0 Å². The zero-order chi connectivity index (χ0) is 14.8. The van der Waals surface area contributed by atoms with Crippen LogP contribution in [-0.4, -0.2) is 26.3 Å². The van der Waals surface area contributed by atoms with Gasteiger partial charge in [-0.3, -0.25) is 14.3 Å². The van der Waals surface area contributed by atoms with Gasteiger partial charge in [-0.1, -0.05) is 15.9 Å². The van der Waals surface area contributed by atoms with Crippen molar-refractivity contribution in [3.8, 4) is 0 Å².